The van der Waals surface area contributed by atoms with Crippen LogP contribution in [0.15, 0.2) is 29.4 Å². The third-order valence-corrected chi connectivity index (χ3v) is 9.61. The first-order valence-corrected chi connectivity index (χ1v) is 14.6. The monoisotopic (exact) mass is 537 g/mol. The Morgan fingerprint density at radius 3 is 2.73 bits per heavy atom. The van der Waals surface area contributed by atoms with Gasteiger partial charge in [0.05, 0.1) is 11.3 Å². The first kappa shape index (κ1) is 27.2. The topological polar surface area (TPSA) is 92.8 Å². The van der Waals surface area contributed by atoms with Crippen LogP contribution >= 0.6 is 23.1 Å². The van der Waals surface area contributed by atoms with Crippen LogP contribution in [0.5, 0.6) is 5.75 Å². The number of hydrogen-bond donors (Lipinski definition) is 1. The van der Waals surface area contributed by atoms with Gasteiger partial charge in [-0.1, -0.05) is 56.7 Å². The zero-order valence-electron chi connectivity index (χ0n) is 22.3. The van der Waals surface area contributed by atoms with Gasteiger partial charge in [-0.2, -0.15) is 5.26 Å². The minimum Gasteiger partial charge on any atom is -0.486 e. The molecule has 0 radical (unpaired) electrons. The number of nitrogens with zero attached hydrogens (tertiary/aromatic N) is 4. The minimum absolute atomic E-state index is 0.145. The molecule has 0 fully saturated rings. The van der Waals surface area contributed by atoms with E-state index < -0.39 is 0 Å². The van der Waals surface area contributed by atoms with E-state index in [4.69, 9.17) is 4.74 Å². The third kappa shape index (κ3) is 6.19. The Morgan fingerprint density at radius 2 is 2.05 bits per heavy atom. The standard InChI is InChI=1S/C28H35N5O2S2/c1-6-28(4,5)19-10-13-21-22(15-29)26(37-23(21)14-19)30-25(34)17-36-27-32-31-24(33(27)7-2)16-35-20-11-8-18(3)9-12-20/h8-9,11-12,19H,6-7,10,13-14,16-17H2,1-5H3,(H,30,34). The molecule has 3 aromatic rings. The highest BCUT2D eigenvalue weighted by Crippen LogP contribution is 2.45. The number of anilines is 1. The van der Waals surface area contributed by atoms with Crippen molar-refractivity contribution in [3.05, 3.63) is 51.7 Å². The molecule has 1 unspecified atom stereocenters. The molecule has 7 nitrogen and oxygen atoms in total. The predicted octanol–water partition coefficient (Wildman–Crippen LogP) is 6.39. The normalized spacial score (nSPS) is 15.2. The van der Waals surface area contributed by atoms with E-state index in [9.17, 15) is 10.1 Å². The Morgan fingerprint density at radius 1 is 1.30 bits per heavy atom. The maximum absolute atomic E-state index is 12.9. The number of thioether (sulfide) groups is 1. The molecule has 1 N–H and O–H groups in total. The second-order valence-corrected chi connectivity index (χ2v) is 12.2. The number of aromatic nitrogens is 3. The van der Waals surface area contributed by atoms with Crippen LogP contribution in [-0.2, 0) is 30.8 Å². The van der Waals surface area contributed by atoms with E-state index >= 15 is 0 Å². The van der Waals surface area contributed by atoms with Crippen LogP contribution in [0.4, 0.5) is 5.00 Å². The second kappa shape index (κ2) is 11.7. The van der Waals surface area contributed by atoms with Crippen LogP contribution in [0.25, 0.3) is 0 Å². The maximum atomic E-state index is 12.9. The lowest BCUT2D eigenvalue weighted by atomic mass is 9.69. The lowest BCUT2D eigenvalue weighted by Gasteiger charge is -2.36. The fourth-order valence-electron chi connectivity index (χ4n) is 4.67. The van der Waals surface area contributed by atoms with Gasteiger partial charge < -0.3 is 14.6 Å². The third-order valence-electron chi connectivity index (χ3n) is 7.48. The number of nitriles is 1. The molecule has 1 aliphatic rings. The molecule has 2 aromatic heterocycles. The summed E-state index contributed by atoms with van der Waals surface area (Å²) in [5.74, 6) is 2.14. The van der Waals surface area contributed by atoms with Gasteiger partial charge in [-0.15, -0.1) is 21.5 Å². The SMILES string of the molecule is CCn1c(COc2ccc(C)cc2)nnc1SCC(=O)Nc1sc2c(c1C#N)CCC(C(C)(C)CC)C2. The molecule has 0 aliphatic heterocycles. The highest BCUT2D eigenvalue weighted by molar-refractivity contribution is 7.99. The lowest BCUT2D eigenvalue weighted by Crippen LogP contribution is -2.28. The van der Waals surface area contributed by atoms with E-state index in [1.54, 1.807) is 11.3 Å². The van der Waals surface area contributed by atoms with Gasteiger partial charge in [0.25, 0.3) is 0 Å². The van der Waals surface area contributed by atoms with Gasteiger partial charge in [0, 0.05) is 11.4 Å². The fourth-order valence-corrected chi connectivity index (χ4v) is 6.79. The van der Waals surface area contributed by atoms with Gasteiger partial charge in [-0.05, 0) is 62.1 Å². The lowest BCUT2D eigenvalue weighted by molar-refractivity contribution is -0.113. The molecule has 0 saturated carbocycles. The summed E-state index contributed by atoms with van der Waals surface area (Å²) in [5.41, 5.74) is 3.21. The van der Waals surface area contributed by atoms with Crippen molar-refractivity contribution in [3.63, 3.8) is 0 Å². The molecule has 0 spiro atoms. The molecule has 196 valence electrons. The van der Waals surface area contributed by atoms with E-state index in [1.165, 1.54) is 22.2 Å². The number of carbonyl (C=O) groups excluding carboxylic acids is 1. The molecule has 4 rings (SSSR count). The molecule has 0 saturated heterocycles. The van der Waals surface area contributed by atoms with E-state index in [2.05, 4.69) is 42.4 Å². The van der Waals surface area contributed by atoms with Gasteiger partial charge >= 0.3 is 0 Å². The van der Waals surface area contributed by atoms with Crippen molar-refractivity contribution in [1.82, 2.24) is 14.8 Å². The molecule has 2 heterocycles. The Balaban J connectivity index is 1.38. The summed E-state index contributed by atoms with van der Waals surface area (Å²) in [5, 5.41) is 22.8. The number of fused-ring (bicyclic) bond motifs is 1. The van der Waals surface area contributed by atoms with Gasteiger partial charge in [-0.25, -0.2) is 0 Å². The highest BCUT2D eigenvalue weighted by atomic mass is 32.2. The molecular formula is C28H35N5O2S2. The van der Waals surface area contributed by atoms with Crippen LogP contribution in [0.2, 0.25) is 0 Å². The first-order valence-electron chi connectivity index (χ1n) is 12.8. The Kier molecular flexibility index (Phi) is 8.60. The molecular weight excluding hydrogens is 502 g/mol. The van der Waals surface area contributed by atoms with Crippen LogP contribution in [0.3, 0.4) is 0 Å². The summed E-state index contributed by atoms with van der Waals surface area (Å²) in [7, 11) is 0. The quantitative estimate of drug-likeness (QED) is 0.301. The number of benzene rings is 1. The zero-order chi connectivity index (χ0) is 26.6. The smallest absolute Gasteiger partial charge is 0.235 e. The van der Waals surface area contributed by atoms with Crippen molar-refractivity contribution in [2.24, 2.45) is 11.3 Å². The highest BCUT2D eigenvalue weighted by Gasteiger charge is 2.34. The van der Waals surface area contributed by atoms with E-state index in [0.717, 1.165) is 37.0 Å². The van der Waals surface area contributed by atoms with Crippen molar-refractivity contribution >= 4 is 34.0 Å². The Hall–Kier alpha value is -2.83. The first-order chi connectivity index (χ1) is 17.7. The van der Waals surface area contributed by atoms with E-state index in [0.29, 0.717) is 40.6 Å². The predicted molar refractivity (Wildman–Crippen MR) is 149 cm³/mol. The number of nitrogens with one attached hydrogen (secondary N) is 1. The summed E-state index contributed by atoms with van der Waals surface area (Å²) >= 11 is 2.91. The summed E-state index contributed by atoms with van der Waals surface area (Å²) in [6.45, 7) is 11.9. The number of amides is 1. The van der Waals surface area contributed by atoms with Gasteiger partial charge in [0.15, 0.2) is 11.0 Å². The number of ether oxygens (including phenoxy) is 1. The summed E-state index contributed by atoms with van der Waals surface area (Å²) in [6, 6.07) is 10.2. The zero-order valence-corrected chi connectivity index (χ0v) is 23.9. The van der Waals surface area contributed by atoms with Gasteiger partial charge in [0.2, 0.25) is 5.91 Å². The summed E-state index contributed by atoms with van der Waals surface area (Å²) < 4.78 is 7.83. The fraction of sp³-hybridized carbons (Fsp3) is 0.500. The molecule has 1 aromatic carbocycles. The number of carbonyl (C=O) groups is 1. The van der Waals surface area contributed by atoms with Crippen LogP contribution in [0, 0.1) is 29.6 Å². The Labute approximate surface area is 227 Å². The number of hydrogen-bond acceptors (Lipinski definition) is 7. The minimum atomic E-state index is -0.145. The van der Waals surface area contributed by atoms with Crippen molar-refractivity contribution in [2.45, 2.75) is 78.6 Å². The summed E-state index contributed by atoms with van der Waals surface area (Å²) in [6.07, 6.45) is 4.10. The molecule has 1 atom stereocenters. The van der Waals surface area contributed by atoms with E-state index in [-0.39, 0.29) is 17.1 Å². The van der Waals surface area contributed by atoms with Crippen LogP contribution in [-0.4, -0.2) is 26.4 Å². The number of rotatable bonds is 10. The molecule has 1 amide bonds. The van der Waals surface area contributed by atoms with E-state index in [1.807, 2.05) is 42.7 Å². The van der Waals surface area contributed by atoms with Crippen LogP contribution in [0.1, 0.15) is 67.9 Å². The molecule has 1 aliphatic carbocycles. The number of thiophene rings is 1. The van der Waals surface area contributed by atoms with Crippen molar-refractivity contribution in [1.29, 1.82) is 5.26 Å². The largest absolute Gasteiger partial charge is 0.486 e. The van der Waals surface area contributed by atoms with Crippen LogP contribution < -0.4 is 10.1 Å². The Bertz CT molecular complexity index is 1290. The van der Waals surface area contributed by atoms with Crippen molar-refractivity contribution in [3.8, 4) is 11.8 Å². The summed E-state index contributed by atoms with van der Waals surface area (Å²) in [4.78, 5) is 14.1. The van der Waals surface area contributed by atoms with Crippen molar-refractivity contribution in [2.75, 3.05) is 11.1 Å². The average Bonchev–Trinajstić information content (AvgIpc) is 3.46. The van der Waals surface area contributed by atoms with Gasteiger partial charge in [-0.3, -0.25) is 4.79 Å². The van der Waals surface area contributed by atoms with Crippen molar-refractivity contribution < 1.29 is 9.53 Å². The second-order valence-electron chi connectivity index (χ2n) is 10.2. The number of aryl methyl sites for hydroxylation is 1. The molecule has 9 heteroatoms. The molecule has 37 heavy (non-hydrogen) atoms. The maximum Gasteiger partial charge on any atom is 0.235 e. The molecule has 0 bridgehead atoms. The van der Waals surface area contributed by atoms with Gasteiger partial charge in [0.1, 0.15) is 23.4 Å². The average molecular weight is 538 g/mol.